The van der Waals surface area contributed by atoms with E-state index < -0.39 is 0 Å². The van der Waals surface area contributed by atoms with E-state index in [0.29, 0.717) is 6.04 Å². The molecule has 0 saturated carbocycles. The predicted octanol–water partition coefficient (Wildman–Crippen LogP) is 1.17. The molecule has 0 aliphatic carbocycles. The smallest absolute Gasteiger partial charge is 0.0468 e. The van der Waals surface area contributed by atoms with Gasteiger partial charge < -0.3 is 10.1 Å². The third-order valence-corrected chi connectivity index (χ3v) is 5.37. The Morgan fingerprint density at radius 2 is 1.90 bits per heavy atom. The molecular formula is C16H31N3O. The van der Waals surface area contributed by atoms with Crippen molar-refractivity contribution < 1.29 is 4.74 Å². The van der Waals surface area contributed by atoms with Crippen molar-refractivity contribution in [3.63, 3.8) is 0 Å². The Morgan fingerprint density at radius 3 is 2.50 bits per heavy atom. The average Bonchev–Trinajstić information content (AvgIpc) is 2.53. The molecule has 4 fully saturated rings. The Morgan fingerprint density at radius 1 is 1.15 bits per heavy atom. The van der Waals surface area contributed by atoms with Crippen molar-refractivity contribution in [1.29, 1.82) is 0 Å². The van der Waals surface area contributed by atoms with Crippen LogP contribution in [0.25, 0.3) is 0 Å². The van der Waals surface area contributed by atoms with Crippen LogP contribution in [0.3, 0.4) is 0 Å². The first-order chi connectivity index (χ1) is 9.86. The number of hydrogen-bond acceptors (Lipinski definition) is 4. The molecule has 0 aromatic heterocycles. The first-order valence-electron chi connectivity index (χ1n) is 8.64. The minimum absolute atomic E-state index is 0.682. The van der Waals surface area contributed by atoms with E-state index in [1.165, 1.54) is 58.4 Å². The maximum atomic E-state index is 5.52. The van der Waals surface area contributed by atoms with E-state index in [9.17, 15) is 0 Å². The number of ether oxygens (including phenoxy) is 1. The minimum atomic E-state index is 0.682. The molecule has 0 aromatic carbocycles. The molecule has 4 nitrogen and oxygen atoms in total. The highest BCUT2D eigenvalue weighted by Crippen LogP contribution is 2.26. The van der Waals surface area contributed by atoms with Gasteiger partial charge in [0.05, 0.1) is 0 Å². The van der Waals surface area contributed by atoms with Gasteiger partial charge in [0.25, 0.3) is 0 Å². The molecule has 0 spiro atoms. The molecule has 2 unspecified atom stereocenters. The maximum Gasteiger partial charge on any atom is 0.0468 e. The lowest BCUT2D eigenvalue weighted by Gasteiger charge is -2.51. The van der Waals surface area contributed by atoms with Crippen molar-refractivity contribution in [2.24, 2.45) is 5.92 Å². The van der Waals surface area contributed by atoms with Gasteiger partial charge in [-0.3, -0.25) is 9.80 Å². The molecule has 2 atom stereocenters. The van der Waals surface area contributed by atoms with E-state index >= 15 is 0 Å². The van der Waals surface area contributed by atoms with Crippen LogP contribution in [-0.2, 0) is 4.74 Å². The number of nitrogens with zero attached hydrogens (tertiary/aromatic N) is 2. The lowest BCUT2D eigenvalue weighted by molar-refractivity contribution is -0.0119. The monoisotopic (exact) mass is 281 g/mol. The van der Waals surface area contributed by atoms with Crippen molar-refractivity contribution in [2.75, 3.05) is 52.5 Å². The summed E-state index contributed by atoms with van der Waals surface area (Å²) in [6, 6.07) is 1.42. The van der Waals surface area contributed by atoms with Crippen LogP contribution in [0.1, 0.15) is 32.6 Å². The average molecular weight is 281 g/mol. The molecule has 20 heavy (non-hydrogen) atoms. The molecule has 4 heterocycles. The van der Waals surface area contributed by atoms with Crippen molar-refractivity contribution in [3.8, 4) is 0 Å². The third kappa shape index (κ3) is 3.53. The fourth-order valence-corrected chi connectivity index (χ4v) is 4.09. The number of fused-ring (bicyclic) bond motifs is 3. The van der Waals surface area contributed by atoms with Crippen LogP contribution in [0, 0.1) is 5.92 Å². The summed E-state index contributed by atoms with van der Waals surface area (Å²) in [5.74, 6) is 0.870. The molecule has 4 saturated heterocycles. The Bertz CT molecular complexity index is 285. The topological polar surface area (TPSA) is 27.7 Å². The summed E-state index contributed by atoms with van der Waals surface area (Å²) < 4.78 is 5.52. The van der Waals surface area contributed by atoms with Crippen LogP contribution in [0.2, 0.25) is 0 Å². The van der Waals surface area contributed by atoms with E-state index in [4.69, 9.17) is 4.74 Å². The Labute approximate surface area is 123 Å². The van der Waals surface area contributed by atoms with Crippen LogP contribution < -0.4 is 5.32 Å². The zero-order valence-corrected chi connectivity index (χ0v) is 13.0. The molecule has 116 valence electrons. The van der Waals surface area contributed by atoms with Crippen molar-refractivity contribution in [3.05, 3.63) is 0 Å². The highest BCUT2D eigenvalue weighted by atomic mass is 16.5. The Balaban J connectivity index is 1.59. The SMILES string of the molecule is CCCNC(CC1CCOCC1)C1CN2CCN1CC2. The molecule has 4 aliphatic rings. The summed E-state index contributed by atoms with van der Waals surface area (Å²) in [4.78, 5) is 5.40. The zero-order valence-electron chi connectivity index (χ0n) is 13.0. The van der Waals surface area contributed by atoms with Gasteiger partial charge in [0.1, 0.15) is 0 Å². The second-order valence-electron chi connectivity index (χ2n) is 6.76. The van der Waals surface area contributed by atoms with Gasteiger partial charge in [-0.15, -0.1) is 0 Å². The van der Waals surface area contributed by atoms with E-state index in [2.05, 4.69) is 22.0 Å². The van der Waals surface area contributed by atoms with E-state index in [0.717, 1.165) is 31.7 Å². The van der Waals surface area contributed by atoms with E-state index in [1.807, 2.05) is 0 Å². The first-order valence-corrected chi connectivity index (χ1v) is 8.64. The van der Waals surface area contributed by atoms with Crippen LogP contribution in [0.4, 0.5) is 0 Å². The largest absolute Gasteiger partial charge is 0.381 e. The summed E-state index contributed by atoms with van der Waals surface area (Å²) in [5, 5.41) is 3.86. The van der Waals surface area contributed by atoms with Crippen LogP contribution in [0.5, 0.6) is 0 Å². The Hall–Kier alpha value is -0.160. The summed E-state index contributed by atoms with van der Waals surface area (Å²) in [6.45, 7) is 11.8. The summed E-state index contributed by atoms with van der Waals surface area (Å²) in [6.07, 6.45) is 5.11. The molecule has 4 rings (SSSR count). The van der Waals surface area contributed by atoms with Crippen LogP contribution in [0.15, 0.2) is 0 Å². The quantitative estimate of drug-likeness (QED) is 0.791. The van der Waals surface area contributed by atoms with Gasteiger partial charge in [-0.25, -0.2) is 0 Å². The summed E-state index contributed by atoms with van der Waals surface area (Å²) in [7, 11) is 0. The molecule has 2 bridgehead atoms. The molecule has 4 aliphatic heterocycles. The molecule has 4 heteroatoms. The fraction of sp³-hybridized carbons (Fsp3) is 1.00. The van der Waals surface area contributed by atoms with Crippen molar-refractivity contribution in [2.45, 2.75) is 44.7 Å². The standard InChI is InChI=1S/C16H31N3O/c1-2-5-17-15(12-14-3-10-20-11-4-14)16-13-18-6-8-19(16)9-7-18/h14-17H,2-13H2,1H3. The highest BCUT2D eigenvalue weighted by Gasteiger charge is 2.37. The fourth-order valence-electron chi connectivity index (χ4n) is 4.09. The summed E-state index contributed by atoms with van der Waals surface area (Å²) in [5.41, 5.74) is 0. The van der Waals surface area contributed by atoms with Gasteiger partial charge >= 0.3 is 0 Å². The van der Waals surface area contributed by atoms with Gasteiger partial charge in [0.2, 0.25) is 0 Å². The van der Waals surface area contributed by atoms with Gasteiger partial charge in [-0.2, -0.15) is 0 Å². The first kappa shape index (κ1) is 14.8. The molecule has 0 aromatic rings. The highest BCUT2D eigenvalue weighted by molar-refractivity contribution is 4.95. The van der Waals surface area contributed by atoms with Crippen molar-refractivity contribution in [1.82, 2.24) is 15.1 Å². The number of piperazine rings is 3. The second-order valence-corrected chi connectivity index (χ2v) is 6.76. The minimum Gasteiger partial charge on any atom is -0.381 e. The lowest BCUT2D eigenvalue weighted by Crippen LogP contribution is -2.66. The number of rotatable bonds is 6. The number of hydrogen-bond donors (Lipinski definition) is 1. The number of nitrogens with one attached hydrogen (secondary N) is 1. The van der Waals surface area contributed by atoms with Crippen LogP contribution in [-0.4, -0.2) is 74.4 Å². The maximum absolute atomic E-state index is 5.52. The van der Waals surface area contributed by atoms with Crippen LogP contribution >= 0.6 is 0 Å². The van der Waals surface area contributed by atoms with E-state index in [1.54, 1.807) is 0 Å². The predicted molar refractivity (Wildman–Crippen MR) is 82.0 cm³/mol. The van der Waals surface area contributed by atoms with E-state index in [-0.39, 0.29) is 0 Å². The zero-order chi connectivity index (χ0) is 13.8. The third-order valence-electron chi connectivity index (χ3n) is 5.37. The normalized spacial score (nSPS) is 36.1. The van der Waals surface area contributed by atoms with Gasteiger partial charge in [0, 0.05) is 58.0 Å². The lowest BCUT2D eigenvalue weighted by atomic mass is 9.87. The second kappa shape index (κ2) is 7.21. The van der Waals surface area contributed by atoms with Crippen molar-refractivity contribution >= 4 is 0 Å². The van der Waals surface area contributed by atoms with Gasteiger partial charge in [-0.1, -0.05) is 6.92 Å². The summed E-state index contributed by atoms with van der Waals surface area (Å²) >= 11 is 0. The molecule has 0 radical (unpaired) electrons. The molecular weight excluding hydrogens is 250 g/mol. The molecule has 0 amide bonds. The van der Waals surface area contributed by atoms with Gasteiger partial charge in [-0.05, 0) is 38.1 Å². The molecule has 1 N–H and O–H groups in total. The van der Waals surface area contributed by atoms with Gasteiger partial charge in [0.15, 0.2) is 0 Å². The Kier molecular flexibility index (Phi) is 5.32.